The summed E-state index contributed by atoms with van der Waals surface area (Å²) in [5, 5.41) is 42.9. The maximum Gasteiger partial charge on any atom is 0.143 e. The summed E-state index contributed by atoms with van der Waals surface area (Å²) in [6, 6.07) is 21.0. The van der Waals surface area contributed by atoms with Crippen LogP contribution in [0.5, 0.6) is 23.0 Å². The van der Waals surface area contributed by atoms with E-state index in [9.17, 15) is 20.4 Å². The largest absolute Gasteiger partial charge is 0.506 e. The summed E-state index contributed by atoms with van der Waals surface area (Å²) in [7, 11) is 0. The SMILES string of the molecule is Cc1ccc(C(c2cc(Br)c(O)c(Br)c2)(c2cc(Br)c(O)c(Br)c2)c2cc(Br)c(O)c(Br)c2)c(-c2cc(Br)c(O)c(Br)c2)c1. The van der Waals surface area contributed by atoms with E-state index >= 15 is 0 Å². The van der Waals surface area contributed by atoms with Gasteiger partial charge in [-0.3, -0.25) is 0 Å². The first-order valence-electron chi connectivity index (χ1n) is 12.5. The summed E-state index contributed by atoms with van der Waals surface area (Å²) >= 11 is 28.3. The molecule has 0 aliphatic heterocycles. The molecule has 5 rings (SSSR count). The first kappa shape index (κ1) is 34.5. The van der Waals surface area contributed by atoms with Crippen molar-refractivity contribution < 1.29 is 20.4 Å². The van der Waals surface area contributed by atoms with Gasteiger partial charge in [-0.1, -0.05) is 23.8 Å². The number of hydrogen-bond acceptors (Lipinski definition) is 4. The Labute approximate surface area is 321 Å². The summed E-state index contributed by atoms with van der Waals surface area (Å²) in [6.07, 6.45) is 0. The van der Waals surface area contributed by atoms with Crippen molar-refractivity contribution in [2.75, 3.05) is 0 Å². The lowest BCUT2D eigenvalue weighted by molar-refractivity contribution is 0.467. The smallest absolute Gasteiger partial charge is 0.143 e. The third-order valence-electron chi connectivity index (χ3n) is 7.26. The monoisotopic (exact) mass is 1100 g/mol. The third kappa shape index (κ3) is 6.11. The molecular formula is C32H18Br8O4. The van der Waals surface area contributed by atoms with Crippen molar-refractivity contribution in [1.29, 1.82) is 0 Å². The molecule has 0 saturated carbocycles. The number of benzene rings is 5. The van der Waals surface area contributed by atoms with E-state index in [2.05, 4.69) is 140 Å². The Balaban J connectivity index is 2.10. The number of rotatable bonds is 5. The number of phenols is 4. The van der Waals surface area contributed by atoms with Gasteiger partial charge in [-0.2, -0.15) is 0 Å². The highest BCUT2D eigenvalue weighted by atomic mass is 79.9. The maximum atomic E-state index is 10.8. The van der Waals surface area contributed by atoms with Gasteiger partial charge in [0.05, 0.1) is 41.2 Å². The van der Waals surface area contributed by atoms with Gasteiger partial charge >= 0.3 is 0 Å². The van der Waals surface area contributed by atoms with Gasteiger partial charge in [0, 0.05) is 0 Å². The average Bonchev–Trinajstić information content (AvgIpc) is 2.96. The van der Waals surface area contributed by atoms with E-state index in [0.29, 0.717) is 35.8 Å². The number of hydrogen-bond donors (Lipinski definition) is 4. The van der Waals surface area contributed by atoms with Crippen LogP contribution < -0.4 is 0 Å². The van der Waals surface area contributed by atoms with E-state index in [4.69, 9.17) is 0 Å². The van der Waals surface area contributed by atoms with Crippen molar-refractivity contribution in [3.63, 3.8) is 0 Å². The molecule has 226 valence electrons. The Bertz CT molecular complexity index is 1740. The van der Waals surface area contributed by atoms with Crippen LogP contribution >= 0.6 is 127 Å². The second-order valence-corrected chi connectivity index (χ2v) is 16.8. The second kappa shape index (κ2) is 13.3. The molecule has 4 N–H and O–H groups in total. The van der Waals surface area contributed by atoms with Gasteiger partial charge in [0.15, 0.2) is 0 Å². The fraction of sp³-hybridized carbons (Fsp3) is 0.0625. The standard InChI is InChI=1S/C32H18Br8O4/c1-13-2-3-19(18(4-13)14-5-20(33)28(41)21(34)6-14)32(15-7-22(35)29(42)23(36)8-15,16-9-24(37)30(43)25(38)10-16)17-11-26(39)31(44)27(40)12-17/h2-12,41-44H,1H3. The molecule has 0 aliphatic rings. The predicted molar refractivity (Wildman–Crippen MR) is 203 cm³/mol. The Morgan fingerprint density at radius 2 is 0.727 bits per heavy atom. The van der Waals surface area contributed by atoms with Crippen LogP contribution in [0.25, 0.3) is 11.1 Å². The highest BCUT2D eigenvalue weighted by Crippen LogP contribution is 2.54. The lowest BCUT2D eigenvalue weighted by Crippen LogP contribution is -2.32. The predicted octanol–water partition coefficient (Wildman–Crippen LogP) is 13.0. The molecule has 0 radical (unpaired) electrons. The van der Waals surface area contributed by atoms with Crippen LogP contribution in [-0.2, 0) is 5.41 Å². The molecule has 4 nitrogen and oxygen atoms in total. The Morgan fingerprint density at radius 3 is 1.05 bits per heavy atom. The number of aromatic hydroxyl groups is 4. The van der Waals surface area contributed by atoms with E-state index in [1.165, 1.54) is 0 Å². The molecular weight excluding hydrogens is 1090 g/mol. The zero-order valence-corrected chi connectivity index (χ0v) is 34.9. The Kier molecular flexibility index (Phi) is 10.4. The fourth-order valence-electron chi connectivity index (χ4n) is 5.26. The van der Waals surface area contributed by atoms with Crippen molar-refractivity contribution in [3.8, 4) is 34.1 Å². The van der Waals surface area contributed by atoms with Crippen molar-refractivity contribution >= 4 is 127 Å². The van der Waals surface area contributed by atoms with E-state index in [1.807, 2.05) is 61.5 Å². The second-order valence-electron chi connectivity index (χ2n) is 9.95. The molecule has 0 amide bonds. The van der Waals surface area contributed by atoms with Crippen LogP contribution in [0.2, 0.25) is 0 Å². The zero-order chi connectivity index (χ0) is 32.2. The normalized spacial score (nSPS) is 11.7. The fourth-order valence-corrected chi connectivity index (χ4v) is 10.0. The summed E-state index contributed by atoms with van der Waals surface area (Å²) in [4.78, 5) is 0. The lowest BCUT2D eigenvalue weighted by Gasteiger charge is -2.39. The van der Waals surface area contributed by atoms with Crippen molar-refractivity contribution in [2.45, 2.75) is 12.3 Å². The van der Waals surface area contributed by atoms with Gasteiger partial charge in [0.25, 0.3) is 0 Å². The van der Waals surface area contributed by atoms with E-state index in [-0.39, 0.29) is 23.0 Å². The molecule has 0 aliphatic carbocycles. The maximum absolute atomic E-state index is 10.8. The van der Waals surface area contributed by atoms with Gasteiger partial charge < -0.3 is 20.4 Å². The van der Waals surface area contributed by atoms with Gasteiger partial charge in [0.2, 0.25) is 0 Å². The minimum absolute atomic E-state index is 0.0410. The topological polar surface area (TPSA) is 80.9 Å². The molecule has 0 unspecified atom stereocenters. The minimum atomic E-state index is -1.14. The summed E-state index contributed by atoms with van der Waals surface area (Å²) in [5.41, 5.74) is 4.64. The number of phenolic OH excluding ortho intramolecular Hbond substituents is 4. The van der Waals surface area contributed by atoms with Gasteiger partial charge in [-0.25, -0.2) is 0 Å². The summed E-state index contributed by atoms with van der Waals surface area (Å²) in [5.74, 6) is 0.205. The Morgan fingerprint density at radius 1 is 0.432 bits per heavy atom. The van der Waals surface area contributed by atoms with E-state index < -0.39 is 5.41 Å². The molecule has 0 bridgehead atoms. The molecule has 44 heavy (non-hydrogen) atoms. The Hall–Kier alpha value is -0.860. The molecule has 0 aromatic heterocycles. The van der Waals surface area contributed by atoms with Gasteiger partial charge in [0.1, 0.15) is 23.0 Å². The first-order valence-corrected chi connectivity index (χ1v) is 18.9. The first-order chi connectivity index (χ1) is 20.7. The quantitative estimate of drug-likeness (QED) is 0.132. The van der Waals surface area contributed by atoms with E-state index in [1.54, 1.807) is 0 Å². The van der Waals surface area contributed by atoms with Crippen LogP contribution in [0.15, 0.2) is 103 Å². The minimum Gasteiger partial charge on any atom is -0.506 e. The van der Waals surface area contributed by atoms with Crippen molar-refractivity contribution in [3.05, 3.63) is 130 Å². The molecule has 0 spiro atoms. The highest BCUT2D eigenvalue weighted by Gasteiger charge is 2.42. The number of halogens is 8. The molecule has 5 aromatic carbocycles. The van der Waals surface area contributed by atoms with Crippen LogP contribution in [0.4, 0.5) is 0 Å². The van der Waals surface area contributed by atoms with Crippen LogP contribution in [0.1, 0.15) is 27.8 Å². The van der Waals surface area contributed by atoms with Crippen LogP contribution in [-0.4, -0.2) is 20.4 Å². The molecule has 0 saturated heterocycles. The highest BCUT2D eigenvalue weighted by molar-refractivity contribution is 9.12. The average molecular weight is 1110 g/mol. The molecule has 5 aromatic rings. The van der Waals surface area contributed by atoms with Gasteiger partial charge in [-0.05, 0) is 216 Å². The molecule has 12 heteroatoms. The third-order valence-corrected chi connectivity index (χ3v) is 12.1. The molecule has 0 heterocycles. The zero-order valence-electron chi connectivity index (χ0n) is 22.2. The summed E-state index contributed by atoms with van der Waals surface area (Å²) < 4.78 is 3.80. The van der Waals surface area contributed by atoms with Crippen molar-refractivity contribution in [2.24, 2.45) is 0 Å². The summed E-state index contributed by atoms with van der Waals surface area (Å²) in [6.45, 7) is 2.01. The van der Waals surface area contributed by atoms with Crippen molar-refractivity contribution in [1.82, 2.24) is 0 Å². The molecule has 0 atom stereocenters. The van der Waals surface area contributed by atoms with Crippen LogP contribution in [0.3, 0.4) is 0 Å². The molecule has 0 fully saturated rings. The number of aryl methyl sites for hydroxylation is 1. The van der Waals surface area contributed by atoms with E-state index in [0.717, 1.165) is 38.9 Å². The van der Waals surface area contributed by atoms with Crippen LogP contribution in [0, 0.1) is 6.92 Å². The lowest BCUT2D eigenvalue weighted by atomic mass is 9.63. The van der Waals surface area contributed by atoms with Gasteiger partial charge in [-0.15, -0.1) is 0 Å².